The summed E-state index contributed by atoms with van der Waals surface area (Å²) in [6.07, 6.45) is 4.66. The first-order chi connectivity index (χ1) is 7.73. The number of methoxy groups -OCH3 is 1. The van der Waals surface area contributed by atoms with Crippen molar-refractivity contribution >= 4 is 5.97 Å². The van der Waals surface area contributed by atoms with Crippen LogP contribution in [0.3, 0.4) is 0 Å². The molecule has 2 saturated carbocycles. The molecule has 0 aromatic carbocycles. The molecule has 4 nitrogen and oxygen atoms in total. The number of nitrogens with two attached hydrogens (primary N) is 1. The average molecular weight is 227 g/mol. The fourth-order valence-corrected chi connectivity index (χ4v) is 2.18. The zero-order valence-corrected chi connectivity index (χ0v) is 9.91. The van der Waals surface area contributed by atoms with Crippen molar-refractivity contribution in [1.29, 1.82) is 0 Å². The molecule has 0 heterocycles. The third kappa shape index (κ3) is 2.38. The number of hydrogen-bond acceptors (Lipinski definition) is 4. The molecule has 16 heavy (non-hydrogen) atoms. The van der Waals surface area contributed by atoms with Crippen LogP contribution < -0.4 is 5.73 Å². The molecule has 2 fully saturated rings. The van der Waals surface area contributed by atoms with Gasteiger partial charge in [0.05, 0.1) is 13.7 Å². The first-order valence-electron chi connectivity index (χ1n) is 6.09. The van der Waals surface area contributed by atoms with Gasteiger partial charge in [-0.25, -0.2) is 0 Å². The third-order valence-corrected chi connectivity index (χ3v) is 3.73. The summed E-state index contributed by atoms with van der Waals surface area (Å²) in [6, 6.07) is 0. The SMILES string of the molecule is COC(=O)C(CN)(COCC1CC1)C1CC1. The molecule has 0 spiro atoms. The maximum Gasteiger partial charge on any atom is 0.315 e. The molecule has 0 bridgehead atoms. The largest absolute Gasteiger partial charge is 0.468 e. The highest BCUT2D eigenvalue weighted by Gasteiger charge is 2.51. The van der Waals surface area contributed by atoms with E-state index in [-0.39, 0.29) is 5.97 Å². The van der Waals surface area contributed by atoms with Crippen LogP contribution in [0.25, 0.3) is 0 Å². The van der Waals surface area contributed by atoms with Gasteiger partial charge in [0, 0.05) is 13.2 Å². The predicted octanol–water partition coefficient (Wildman–Crippen LogP) is 0.941. The standard InChI is InChI=1S/C12H21NO3/c1-15-11(14)12(7-13,10-4-5-10)8-16-6-9-2-3-9/h9-10H,2-8,13H2,1H3. The highest BCUT2D eigenvalue weighted by atomic mass is 16.5. The van der Waals surface area contributed by atoms with Crippen molar-refractivity contribution in [3.63, 3.8) is 0 Å². The topological polar surface area (TPSA) is 61.5 Å². The summed E-state index contributed by atoms with van der Waals surface area (Å²) in [5.74, 6) is 0.879. The monoisotopic (exact) mass is 227 g/mol. The van der Waals surface area contributed by atoms with Crippen LogP contribution in [0.5, 0.6) is 0 Å². The maximum atomic E-state index is 11.9. The lowest BCUT2D eigenvalue weighted by atomic mass is 9.83. The van der Waals surface area contributed by atoms with E-state index >= 15 is 0 Å². The lowest BCUT2D eigenvalue weighted by Gasteiger charge is -2.29. The minimum atomic E-state index is -0.580. The zero-order chi connectivity index (χ0) is 11.6. The molecule has 2 N–H and O–H groups in total. The summed E-state index contributed by atoms with van der Waals surface area (Å²) in [7, 11) is 1.43. The van der Waals surface area contributed by atoms with Crippen molar-refractivity contribution < 1.29 is 14.3 Å². The molecule has 1 atom stereocenters. The Morgan fingerprint density at radius 3 is 2.50 bits per heavy atom. The average Bonchev–Trinajstić information content (AvgIpc) is 3.16. The van der Waals surface area contributed by atoms with Crippen molar-refractivity contribution in [3.8, 4) is 0 Å². The molecule has 92 valence electrons. The number of carbonyl (C=O) groups excluding carboxylic acids is 1. The molecule has 2 aliphatic rings. The molecular formula is C12H21NO3. The first kappa shape index (κ1) is 11.9. The normalized spacial score (nSPS) is 23.9. The van der Waals surface area contributed by atoms with Gasteiger partial charge in [-0.1, -0.05) is 0 Å². The Morgan fingerprint density at radius 1 is 1.38 bits per heavy atom. The Hall–Kier alpha value is -0.610. The Balaban J connectivity index is 1.91. The Labute approximate surface area is 96.5 Å². The lowest BCUT2D eigenvalue weighted by molar-refractivity contribution is -0.158. The Kier molecular flexibility index (Phi) is 3.50. The van der Waals surface area contributed by atoms with Gasteiger partial charge in [-0.3, -0.25) is 4.79 Å². The number of esters is 1. The smallest absolute Gasteiger partial charge is 0.315 e. The van der Waals surface area contributed by atoms with E-state index in [1.807, 2.05) is 0 Å². The van der Waals surface area contributed by atoms with Crippen molar-refractivity contribution in [2.75, 3.05) is 26.9 Å². The summed E-state index contributed by atoms with van der Waals surface area (Å²) in [4.78, 5) is 11.9. The molecule has 2 rings (SSSR count). The van der Waals surface area contributed by atoms with E-state index in [0.717, 1.165) is 19.4 Å². The van der Waals surface area contributed by atoms with Crippen LogP contribution in [0.2, 0.25) is 0 Å². The Morgan fingerprint density at radius 2 is 2.06 bits per heavy atom. The van der Waals surface area contributed by atoms with Crippen LogP contribution >= 0.6 is 0 Å². The summed E-state index contributed by atoms with van der Waals surface area (Å²) in [5.41, 5.74) is 5.20. The summed E-state index contributed by atoms with van der Waals surface area (Å²) in [5, 5.41) is 0. The van der Waals surface area contributed by atoms with Gasteiger partial charge in [0.15, 0.2) is 0 Å². The van der Waals surface area contributed by atoms with Crippen molar-refractivity contribution in [3.05, 3.63) is 0 Å². The minimum absolute atomic E-state index is 0.201. The molecule has 2 aliphatic carbocycles. The van der Waals surface area contributed by atoms with Gasteiger partial charge in [-0.05, 0) is 37.5 Å². The van der Waals surface area contributed by atoms with E-state index in [9.17, 15) is 4.79 Å². The van der Waals surface area contributed by atoms with E-state index in [2.05, 4.69) is 0 Å². The fourth-order valence-electron chi connectivity index (χ4n) is 2.18. The summed E-state index contributed by atoms with van der Waals surface area (Å²) in [6.45, 7) is 1.53. The van der Waals surface area contributed by atoms with E-state index in [0.29, 0.717) is 25.0 Å². The number of ether oxygens (including phenoxy) is 2. The van der Waals surface area contributed by atoms with Gasteiger partial charge in [-0.15, -0.1) is 0 Å². The number of rotatable bonds is 7. The van der Waals surface area contributed by atoms with Gasteiger partial charge >= 0.3 is 5.97 Å². The van der Waals surface area contributed by atoms with Gasteiger partial charge in [0.2, 0.25) is 0 Å². The van der Waals surface area contributed by atoms with Gasteiger partial charge < -0.3 is 15.2 Å². The van der Waals surface area contributed by atoms with E-state index in [1.54, 1.807) is 0 Å². The molecule has 0 saturated heterocycles. The van der Waals surface area contributed by atoms with Crippen LogP contribution in [0.1, 0.15) is 25.7 Å². The summed E-state index contributed by atoms with van der Waals surface area (Å²) < 4.78 is 10.5. The second kappa shape index (κ2) is 4.72. The molecule has 0 radical (unpaired) electrons. The molecule has 4 heteroatoms. The quantitative estimate of drug-likeness (QED) is 0.658. The molecule has 0 aromatic rings. The van der Waals surface area contributed by atoms with Gasteiger partial charge in [0.25, 0.3) is 0 Å². The van der Waals surface area contributed by atoms with Crippen molar-refractivity contribution in [1.82, 2.24) is 0 Å². The zero-order valence-electron chi connectivity index (χ0n) is 9.91. The maximum absolute atomic E-state index is 11.9. The van der Waals surface area contributed by atoms with E-state index in [4.69, 9.17) is 15.2 Å². The number of carbonyl (C=O) groups is 1. The highest BCUT2D eigenvalue weighted by Crippen LogP contribution is 2.46. The van der Waals surface area contributed by atoms with Crippen molar-refractivity contribution in [2.45, 2.75) is 25.7 Å². The molecule has 1 unspecified atom stereocenters. The summed E-state index contributed by atoms with van der Waals surface area (Å²) >= 11 is 0. The molecular weight excluding hydrogens is 206 g/mol. The second-order valence-electron chi connectivity index (χ2n) is 5.08. The van der Waals surface area contributed by atoms with Crippen LogP contribution in [-0.4, -0.2) is 32.8 Å². The number of hydrogen-bond donors (Lipinski definition) is 1. The second-order valence-corrected chi connectivity index (χ2v) is 5.08. The van der Waals surface area contributed by atoms with Crippen molar-refractivity contribution in [2.24, 2.45) is 23.0 Å². The molecule has 0 aromatic heterocycles. The minimum Gasteiger partial charge on any atom is -0.468 e. The first-order valence-corrected chi connectivity index (χ1v) is 6.09. The van der Waals surface area contributed by atoms with Crippen LogP contribution in [0.15, 0.2) is 0 Å². The fraction of sp³-hybridized carbons (Fsp3) is 0.917. The lowest BCUT2D eigenvalue weighted by Crippen LogP contribution is -2.45. The van der Waals surface area contributed by atoms with E-state index < -0.39 is 5.41 Å². The predicted molar refractivity (Wildman–Crippen MR) is 59.8 cm³/mol. The molecule has 0 amide bonds. The van der Waals surface area contributed by atoms with Crippen LogP contribution in [0.4, 0.5) is 0 Å². The van der Waals surface area contributed by atoms with E-state index in [1.165, 1.54) is 20.0 Å². The van der Waals surface area contributed by atoms with Crippen LogP contribution in [-0.2, 0) is 14.3 Å². The molecule has 0 aliphatic heterocycles. The van der Waals surface area contributed by atoms with Gasteiger partial charge in [-0.2, -0.15) is 0 Å². The highest BCUT2D eigenvalue weighted by molar-refractivity contribution is 5.78. The van der Waals surface area contributed by atoms with Crippen LogP contribution in [0, 0.1) is 17.3 Å². The van der Waals surface area contributed by atoms with Gasteiger partial charge in [0.1, 0.15) is 5.41 Å². The third-order valence-electron chi connectivity index (χ3n) is 3.73. The Bertz CT molecular complexity index is 261.